The number of amides is 1. The molecule has 1 amide bonds. The summed E-state index contributed by atoms with van der Waals surface area (Å²) < 4.78 is 10.9. The van der Waals surface area contributed by atoms with Gasteiger partial charge in [-0.3, -0.25) is 4.79 Å². The topological polar surface area (TPSA) is 47.6 Å². The van der Waals surface area contributed by atoms with E-state index < -0.39 is 0 Å². The molecule has 3 atom stereocenters. The highest BCUT2D eigenvalue weighted by Gasteiger charge is 2.45. The second-order valence-electron chi connectivity index (χ2n) is 5.02. The third-order valence-electron chi connectivity index (χ3n) is 3.78. The summed E-state index contributed by atoms with van der Waals surface area (Å²) in [4.78, 5) is 11.8. The Morgan fingerprint density at radius 2 is 2.42 bits per heavy atom. The number of fused-ring (bicyclic) bond motifs is 1. The summed E-state index contributed by atoms with van der Waals surface area (Å²) >= 11 is 5.84. The average molecular weight is 282 g/mol. The van der Waals surface area contributed by atoms with Gasteiger partial charge in [-0.2, -0.15) is 0 Å². The van der Waals surface area contributed by atoms with Crippen molar-refractivity contribution in [3.63, 3.8) is 0 Å². The van der Waals surface area contributed by atoms with Gasteiger partial charge in [0.05, 0.1) is 6.10 Å². The summed E-state index contributed by atoms with van der Waals surface area (Å²) in [5, 5.41) is 3.60. The number of carbonyl (C=O) groups excluding carboxylic acids is 1. The molecule has 0 bridgehead atoms. The number of ether oxygens (including phenoxy) is 2. The van der Waals surface area contributed by atoms with Gasteiger partial charge in [0.15, 0.2) is 6.61 Å². The van der Waals surface area contributed by atoms with Crippen LogP contribution in [0.3, 0.4) is 0 Å². The molecule has 102 valence electrons. The molecule has 19 heavy (non-hydrogen) atoms. The lowest BCUT2D eigenvalue weighted by Crippen LogP contribution is -2.54. The summed E-state index contributed by atoms with van der Waals surface area (Å²) in [6.45, 7) is 0.843. The van der Waals surface area contributed by atoms with Crippen LogP contribution in [-0.2, 0) is 9.53 Å². The Morgan fingerprint density at radius 1 is 1.53 bits per heavy atom. The summed E-state index contributed by atoms with van der Waals surface area (Å²) in [6, 6.07) is 7.29. The van der Waals surface area contributed by atoms with E-state index >= 15 is 0 Å². The number of benzene rings is 1. The van der Waals surface area contributed by atoms with E-state index in [1.54, 1.807) is 24.3 Å². The molecular weight excluding hydrogens is 266 g/mol. The zero-order chi connectivity index (χ0) is 13.2. The van der Waals surface area contributed by atoms with Crippen LogP contribution in [-0.4, -0.2) is 31.3 Å². The molecule has 5 heteroatoms. The van der Waals surface area contributed by atoms with Crippen LogP contribution < -0.4 is 10.1 Å². The molecule has 0 aromatic heterocycles. The van der Waals surface area contributed by atoms with E-state index in [1.165, 1.54) is 0 Å². The van der Waals surface area contributed by atoms with E-state index in [2.05, 4.69) is 5.32 Å². The molecule has 1 heterocycles. The highest BCUT2D eigenvalue weighted by atomic mass is 35.5. The van der Waals surface area contributed by atoms with Crippen molar-refractivity contribution in [3.8, 4) is 5.75 Å². The normalized spacial score (nSPS) is 28.4. The Balaban J connectivity index is 1.44. The fourth-order valence-electron chi connectivity index (χ4n) is 2.72. The van der Waals surface area contributed by atoms with Gasteiger partial charge in [0.25, 0.3) is 5.91 Å². The lowest BCUT2D eigenvalue weighted by Gasteiger charge is -2.39. The van der Waals surface area contributed by atoms with Crippen molar-refractivity contribution in [2.75, 3.05) is 13.2 Å². The highest BCUT2D eigenvalue weighted by molar-refractivity contribution is 6.30. The maximum atomic E-state index is 11.8. The fourth-order valence-corrected chi connectivity index (χ4v) is 2.90. The number of halogens is 1. The van der Waals surface area contributed by atoms with Crippen LogP contribution in [0.5, 0.6) is 5.75 Å². The molecule has 1 aromatic rings. The zero-order valence-corrected chi connectivity index (χ0v) is 11.2. The molecule has 1 saturated carbocycles. The SMILES string of the molecule is O=C(COc1cccc(Cl)c1)N[C@@H]1C[C@@H]2OCC[C@@H]21. The zero-order valence-electron chi connectivity index (χ0n) is 10.5. The Kier molecular flexibility index (Phi) is 3.62. The maximum Gasteiger partial charge on any atom is 0.258 e. The first-order chi connectivity index (χ1) is 9.22. The number of rotatable bonds is 4. The molecule has 2 fully saturated rings. The second-order valence-corrected chi connectivity index (χ2v) is 5.45. The minimum Gasteiger partial charge on any atom is -0.484 e. The van der Waals surface area contributed by atoms with Crippen molar-refractivity contribution in [2.45, 2.75) is 25.0 Å². The van der Waals surface area contributed by atoms with E-state index in [9.17, 15) is 4.79 Å². The summed E-state index contributed by atoms with van der Waals surface area (Å²) in [6.07, 6.45) is 2.33. The van der Waals surface area contributed by atoms with Crippen LogP contribution in [0.4, 0.5) is 0 Å². The van der Waals surface area contributed by atoms with Crippen LogP contribution in [0.2, 0.25) is 5.02 Å². The maximum absolute atomic E-state index is 11.8. The standard InChI is InChI=1S/C14H16ClNO3/c15-9-2-1-3-10(6-9)19-8-14(17)16-12-7-13-11(12)4-5-18-13/h1-3,6,11-13H,4-5,7-8H2,(H,16,17)/t11-,12-,13+/m1/s1. The monoisotopic (exact) mass is 281 g/mol. The number of hydrogen-bond donors (Lipinski definition) is 1. The molecule has 0 radical (unpaired) electrons. The minimum atomic E-state index is -0.0877. The predicted octanol–water partition coefficient (Wildman–Crippen LogP) is 2.01. The Labute approximate surface area is 117 Å². The molecule has 1 aliphatic carbocycles. The van der Waals surface area contributed by atoms with Gasteiger partial charge in [-0.1, -0.05) is 17.7 Å². The minimum absolute atomic E-state index is 0.0229. The molecule has 0 spiro atoms. The number of hydrogen-bond acceptors (Lipinski definition) is 3. The van der Waals surface area contributed by atoms with Crippen molar-refractivity contribution in [1.82, 2.24) is 5.32 Å². The van der Waals surface area contributed by atoms with Gasteiger partial charge >= 0.3 is 0 Å². The molecule has 0 unspecified atom stereocenters. The van der Waals surface area contributed by atoms with Crippen molar-refractivity contribution >= 4 is 17.5 Å². The number of carbonyl (C=O) groups is 1. The largest absolute Gasteiger partial charge is 0.484 e. The van der Waals surface area contributed by atoms with Crippen LogP contribution in [0.15, 0.2) is 24.3 Å². The third kappa shape index (κ3) is 2.85. The Morgan fingerprint density at radius 3 is 3.21 bits per heavy atom. The molecule has 4 nitrogen and oxygen atoms in total. The van der Waals surface area contributed by atoms with Gasteiger partial charge in [-0.15, -0.1) is 0 Å². The van der Waals surface area contributed by atoms with E-state index in [1.807, 2.05) is 0 Å². The average Bonchev–Trinajstić information content (AvgIpc) is 2.75. The van der Waals surface area contributed by atoms with Crippen LogP contribution >= 0.6 is 11.6 Å². The first-order valence-corrected chi connectivity index (χ1v) is 6.89. The molecule has 1 aromatic carbocycles. The van der Waals surface area contributed by atoms with E-state index in [-0.39, 0.29) is 18.6 Å². The molecular formula is C14H16ClNO3. The van der Waals surface area contributed by atoms with Gasteiger partial charge < -0.3 is 14.8 Å². The molecule has 2 aliphatic rings. The lowest BCUT2D eigenvalue weighted by atomic mass is 9.76. The Hall–Kier alpha value is -1.26. The predicted molar refractivity (Wildman–Crippen MR) is 71.3 cm³/mol. The summed E-state index contributed by atoms with van der Waals surface area (Å²) in [7, 11) is 0. The van der Waals surface area contributed by atoms with Gasteiger partial charge in [0.1, 0.15) is 5.75 Å². The smallest absolute Gasteiger partial charge is 0.258 e. The van der Waals surface area contributed by atoms with Gasteiger partial charge in [0.2, 0.25) is 0 Å². The lowest BCUT2D eigenvalue weighted by molar-refractivity contribution is -0.126. The van der Waals surface area contributed by atoms with E-state index in [0.29, 0.717) is 22.8 Å². The summed E-state index contributed by atoms with van der Waals surface area (Å²) in [5.74, 6) is 1.02. The third-order valence-corrected chi connectivity index (χ3v) is 4.01. The van der Waals surface area contributed by atoms with Crippen molar-refractivity contribution in [3.05, 3.63) is 29.3 Å². The fraction of sp³-hybridized carbons (Fsp3) is 0.500. The summed E-state index contributed by atoms with van der Waals surface area (Å²) in [5.41, 5.74) is 0. The Bertz CT molecular complexity index is 480. The second kappa shape index (κ2) is 5.39. The molecule has 1 aliphatic heterocycles. The van der Waals surface area contributed by atoms with Crippen molar-refractivity contribution < 1.29 is 14.3 Å². The van der Waals surface area contributed by atoms with Gasteiger partial charge in [-0.25, -0.2) is 0 Å². The van der Waals surface area contributed by atoms with Crippen molar-refractivity contribution in [2.24, 2.45) is 5.92 Å². The van der Waals surface area contributed by atoms with E-state index in [4.69, 9.17) is 21.1 Å². The quantitative estimate of drug-likeness (QED) is 0.918. The van der Waals surface area contributed by atoms with Crippen LogP contribution in [0.25, 0.3) is 0 Å². The van der Waals surface area contributed by atoms with E-state index in [0.717, 1.165) is 19.4 Å². The van der Waals surface area contributed by atoms with Crippen molar-refractivity contribution in [1.29, 1.82) is 0 Å². The van der Waals surface area contributed by atoms with Crippen LogP contribution in [0, 0.1) is 5.92 Å². The first-order valence-electron chi connectivity index (χ1n) is 6.52. The molecule has 1 N–H and O–H groups in total. The molecule has 3 rings (SSSR count). The highest BCUT2D eigenvalue weighted by Crippen LogP contribution is 2.38. The van der Waals surface area contributed by atoms with Gasteiger partial charge in [-0.05, 0) is 31.0 Å². The molecule has 1 saturated heterocycles. The number of nitrogens with one attached hydrogen (secondary N) is 1. The van der Waals surface area contributed by atoms with Crippen LogP contribution in [0.1, 0.15) is 12.8 Å². The van der Waals surface area contributed by atoms with Gasteiger partial charge in [0, 0.05) is 23.6 Å². The first kappa shape index (κ1) is 12.8.